The Labute approximate surface area is 138 Å². The van der Waals surface area contributed by atoms with E-state index in [4.69, 9.17) is 4.42 Å². The van der Waals surface area contributed by atoms with E-state index in [0.29, 0.717) is 13.0 Å². The lowest BCUT2D eigenvalue weighted by molar-refractivity contribution is 0.0706. The number of oxazole rings is 1. The summed E-state index contributed by atoms with van der Waals surface area (Å²) in [4.78, 5) is 17.5. The number of carbonyl (C=O) groups excluding carboxylic acids is 1. The van der Waals surface area contributed by atoms with Crippen molar-refractivity contribution in [1.29, 1.82) is 0 Å². The maximum absolute atomic E-state index is 13.1. The Morgan fingerprint density at radius 1 is 1.50 bits per heavy atom. The molecule has 24 heavy (non-hydrogen) atoms. The molecule has 1 aromatic heterocycles. The molecule has 130 valence electrons. The van der Waals surface area contributed by atoms with Gasteiger partial charge in [-0.05, 0) is 26.3 Å². The minimum atomic E-state index is -2.96. The fourth-order valence-electron chi connectivity index (χ4n) is 2.37. The maximum atomic E-state index is 13.1. The summed E-state index contributed by atoms with van der Waals surface area (Å²) in [5, 5.41) is 12.4. The number of hydrogen-bond donors (Lipinski definition) is 2. The molecule has 2 rings (SSSR count). The largest absolute Gasteiger partial charge is 0.432 e. The second kappa shape index (κ2) is 7.45. The Bertz CT molecular complexity index is 714. The summed E-state index contributed by atoms with van der Waals surface area (Å²) in [5.41, 5.74) is 1.08. The van der Waals surface area contributed by atoms with E-state index < -0.39 is 29.9 Å². The van der Waals surface area contributed by atoms with Crippen molar-refractivity contribution in [3.63, 3.8) is 0 Å². The van der Waals surface area contributed by atoms with Crippen LogP contribution in [0, 0.1) is 12.0 Å². The van der Waals surface area contributed by atoms with E-state index in [-0.39, 0.29) is 12.4 Å². The number of carbonyl (C=O) groups is 1. The molecule has 0 radical (unpaired) electrons. The van der Waals surface area contributed by atoms with Crippen LogP contribution in [0.3, 0.4) is 0 Å². The van der Waals surface area contributed by atoms with Gasteiger partial charge in [0.2, 0.25) is 11.7 Å². The van der Waals surface area contributed by atoms with Crippen molar-refractivity contribution < 1.29 is 23.1 Å². The smallest absolute Gasteiger partial charge is 0.292 e. The predicted molar refractivity (Wildman–Crippen MR) is 81.9 cm³/mol. The van der Waals surface area contributed by atoms with Crippen LogP contribution in [-0.4, -0.2) is 34.0 Å². The number of aliphatic hydroxyl groups excluding tert-OH is 1. The highest BCUT2D eigenvalue weighted by molar-refractivity contribution is 5.93. The van der Waals surface area contributed by atoms with Gasteiger partial charge in [0.25, 0.3) is 12.3 Å². The summed E-state index contributed by atoms with van der Waals surface area (Å²) in [7, 11) is 0. The minimum absolute atomic E-state index is 0.278. The van der Waals surface area contributed by atoms with Gasteiger partial charge < -0.3 is 19.7 Å². The molecular formula is C16H19F2N3O3. The van der Waals surface area contributed by atoms with Crippen LogP contribution in [-0.2, 0) is 0 Å². The van der Waals surface area contributed by atoms with E-state index in [1.165, 1.54) is 11.8 Å². The highest BCUT2D eigenvalue weighted by Gasteiger charge is 2.32. The number of nitrogens with zero attached hydrogens (tertiary/aromatic N) is 2. The number of hydrogen-bond acceptors (Lipinski definition) is 5. The number of amides is 1. The third kappa shape index (κ3) is 3.74. The van der Waals surface area contributed by atoms with Crippen LogP contribution in [0.2, 0.25) is 0 Å². The molecule has 0 saturated carbocycles. The average molecular weight is 339 g/mol. The molecule has 2 N–H and O–H groups in total. The summed E-state index contributed by atoms with van der Waals surface area (Å²) >= 11 is 0. The zero-order chi connectivity index (χ0) is 17.9. The Hall–Kier alpha value is -2.40. The van der Waals surface area contributed by atoms with E-state index in [9.17, 15) is 18.7 Å². The van der Waals surface area contributed by atoms with E-state index in [1.807, 2.05) is 6.92 Å². The maximum Gasteiger partial charge on any atom is 0.292 e. The van der Waals surface area contributed by atoms with Gasteiger partial charge in [-0.15, -0.1) is 0 Å². The van der Waals surface area contributed by atoms with E-state index in [0.717, 1.165) is 11.3 Å². The molecule has 8 heteroatoms. The highest BCUT2D eigenvalue weighted by atomic mass is 19.3. The van der Waals surface area contributed by atoms with Gasteiger partial charge in [-0.25, -0.2) is 13.8 Å². The molecule has 1 unspecified atom stereocenters. The second-order valence-electron chi connectivity index (χ2n) is 5.48. The topological polar surface area (TPSA) is 78.6 Å². The molecule has 0 saturated heterocycles. The van der Waals surface area contributed by atoms with Gasteiger partial charge in [0.1, 0.15) is 6.10 Å². The van der Waals surface area contributed by atoms with Gasteiger partial charge in [-0.3, -0.25) is 4.79 Å². The van der Waals surface area contributed by atoms with Crippen molar-refractivity contribution in [3.8, 4) is 12.0 Å². The molecule has 0 spiro atoms. The highest BCUT2D eigenvalue weighted by Crippen LogP contribution is 2.28. The van der Waals surface area contributed by atoms with E-state index in [2.05, 4.69) is 22.3 Å². The van der Waals surface area contributed by atoms with Crippen LogP contribution in [0.4, 0.5) is 8.78 Å². The molecule has 0 aromatic carbocycles. The average Bonchev–Trinajstić information content (AvgIpc) is 2.98. The Morgan fingerprint density at radius 3 is 2.75 bits per heavy atom. The van der Waals surface area contributed by atoms with Crippen LogP contribution in [0.1, 0.15) is 61.9 Å². The molecule has 0 aliphatic carbocycles. The van der Waals surface area contributed by atoms with Gasteiger partial charge in [0.15, 0.2) is 5.69 Å². The lowest BCUT2D eigenvalue weighted by Crippen LogP contribution is -2.38. The summed E-state index contributed by atoms with van der Waals surface area (Å²) in [6.45, 7) is 5.50. The number of rotatable bonds is 4. The second-order valence-corrected chi connectivity index (χ2v) is 5.48. The number of nitrogens with one attached hydrogen (secondary N) is 1. The summed E-state index contributed by atoms with van der Waals surface area (Å²) in [6, 6.07) is 2.75. The van der Waals surface area contributed by atoms with Crippen molar-refractivity contribution >= 4 is 5.91 Å². The van der Waals surface area contributed by atoms with Gasteiger partial charge in [0, 0.05) is 31.3 Å². The molecule has 0 fully saturated rings. The van der Waals surface area contributed by atoms with Crippen LogP contribution in [0.25, 0.3) is 0 Å². The van der Waals surface area contributed by atoms with E-state index >= 15 is 0 Å². The Kier molecular flexibility index (Phi) is 5.57. The van der Waals surface area contributed by atoms with Crippen LogP contribution < -0.4 is 5.32 Å². The van der Waals surface area contributed by atoms with Crippen LogP contribution in [0.5, 0.6) is 0 Å². The normalized spacial score (nSPS) is 16.0. The monoisotopic (exact) mass is 339 g/mol. The van der Waals surface area contributed by atoms with Crippen molar-refractivity contribution in [2.45, 2.75) is 39.7 Å². The fourth-order valence-corrected chi connectivity index (χ4v) is 2.37. The molecule has 1 aromatic rings. The SMILES string of the molecule is CC#CNC1=C(C)CN(C(=O)c2oc(C(C)O)nc2C(F)F)CC1. The third-order valence-corrected chi connectivity index (χ3v) is 3.63. The quantitative estimate of drug-likeness (QED) is 0.650. The molecule has 1 aliphatic heterocycles. The Balaban J connectivity index is 2.24. The first-order valence-electron chi connectivity index (χ1n) is 7.47. The van der Waals surface area contributed by atoms with Crippen molar-refractivity contribution in [1.82, 2.24) is 15.2 Å². The van der Waals surface area contributed by atoms with Gasteiger partial charge in [0.05, 0.1) is 0 Å². The summed E-state index contributed by atoms with van der Waals surface area (Å²) in [5.74, 6) is 1.25. The zero-order valence-corrected chi connectivity index (χ0v) is 13.7. The molecule has 0 bridgehead atoms. The number of aromatic nitrogens is 1. The lowest BCUT2D eigenvalue weighted by atomic mass is 10.1. The Morgan fingerprint density at radius 2 is 2.21 bits per heavy atom. The van der Waals surface area contributed by atoms with Crippen molar-refractivity contribution in [3.05, 3.63) is 28.6 Å². The summed E-state index contributed by atoms with van der Waals surface area (Å²) in [6.07, 6.45) is -3.60. The number of alkyl halides is 2. The number of halogens is 2. The van der Waals surface area contributed by atoms with Gasteiger partial charge in [-0.2, -0.15) is 0 Å². The molecule has 1 atom stereocenters. The third-order valence-electron chi connectivity index (χ3n) is 3.63. The van der Waals surface area contributed by atoms with Crippen molar-refractivity contribution in [2.75, 3.05) is 13.1 Å². The molecule has 6 nitrogen and oxygen atoms in total. The van der Waals surface area contributed by atoms with E-state index in [1.54, 1.807) is 6.92 Å². The zero-order valence-electron chi connectivity index (χ0n) is 13.7. The van der Waals surface area contributed by atoms with Crippen molar-refractivity contribution in [2.24, 2.45) is 0 Å². The minimum Gasteiger partial charge on any atom is -0.432 e. The van der Waals surface area contributed by atoms with Crippen LogP contribution in [0.15, 0.2) is 15.7 Å². The fraction of sp³-hybridized carbons (Fsp3) is 0.500. The van der Waals surface area contributed by atoms with Crippen LogP contribution >= 0.6 is 0 Å². The first kappa shape index (κ1) is 17.9. The molecule has 1 aliphatic rings. The first-order valence-corrected chi connectivity index (χ1v) is 7.47. The lowest BCUT2D eigenvalue weighted by Gasteiger charge is -2.28. The van der Waals surface area contributed by atoms with Gasteiger partial charge in [-0.1, -0.05) is 5.92 Å². The van der Waals surface area contributed by atoms with Gasteiger partial charge >= 0.3 is 0 Å². The molecule has 1 amide bonds. The standard InChI is InChI=1S/C16H19F2N3O3/c1-4-6-19-11-5-7-21(8-9(11)2)16(23)13-12(14(17)18)20-15(24-13)10(3)22/h10,14,19,22H,5,7-8H2,1-3H3. The molecular weight excluding hydrogens is 320 g/mol. The summed E-state index contributed by atoms with van der Waals surface area (Å²) < 4.78 is 31.3. The first-order chi connectivity index (χ1) is 11.3. The number of aliphatic hydroxyl groups is 1. The molecule has 2 heterocycles. The predicted octanol–water partition coefficient (Wildman–Crippen LogP) is 2.36.